The molecule has 6 heteroatoms. The zero-order chi connectivity index (χ0) is 11.9. The number of nitrogens with two attached hydrogens (primary N) is 1. The summed E-state index contributed by atoms with van der Waals surface area (Å²) in [5.41, 5.74) is 8.47. The van der Waals surface area contributed by atoms with Gasteiger partial charge in [0.05, 0.1) is 16.0 Å². The lowest BCUT2D eigenvalue weighted by Crippen LogP contribution is -1.97. The number of aryl methyl sites for hydroxylation is 2. The van der Waals surface area contributed by atoms with Gasteiger partial charge in [-0.3, -0.25) is 10.1 Å². The third-order valence-corrected chi connectivity index (χ3v) is 2.61. The average Bonchev–Trinajstić information content (AvgIpc) is 2.60. The number of nitrogens with zero attached hydrogens (tertiary/aromatic N) is 2. The Hall–Kier alpha value is -2.11. The van der Waals surface area contributed by atoms with Crippen LogP contribution in [0.1, 0.15) is 18.1 Å². The summed E-state index contributed by atoms with van der Waals surface area (Å²) in [5.74, 6) is 0.285. The predicted octanol–water partition coefficient (Wildman–Crippen LogP) is 1.92. The van der Waals surface area contributed by atoms with Gasteiger partial charge in [0, 0.05) is 6.07 Å². The molecule has 0 spiro atoms. The van der Waals surface area contributed by atoms with Gasteiger partial charge < -0.3 is 10.7 Å². The van der Waals surface area contributed by atoms with Crippen molar-refractivity contribution in [3.63, 3.8) is 0 Å². The molecule has 84 valence electrons. The summed E-state index contributed by atoms with van der Waals surface area (Å²) >= 11 is 0. The number of hydrogen-bond acceptors (Lipinski definition) is 4. The normalized spacial score (nSPS) is 10.9. The molecule has 1 aromatic carbocycles. The number of nitro groups is 1. The summed E-state index contributed by atoms with van der Waals surface area (Å²) in [6, 6.07) is 1.55. The van der Waals surface area contributed by atoms with Gasteiger partial charge in [-0.25, -0.2) is 4.98 Å². The quantitative estimate of drug-likeness (QED) is 0.596. The Balaban J connectivity index is 2.89. The average molecular weight is 220 g/mol. The lowest BCUT2D eigenvalue weighted by Gasteiger charge is -2.03. The van der Waals surface area contributed by atoms with Crippen molar-refractivity contribution in [3.05, 3.63) is 27.3 Å². The molecule has 0 saturated heterocycles. The number of hydrogen-bond donors (Lipinski definition) is 2. The molecule has 2 rings (SSSR count). The number of benzene rings is 1. The molecule has 0 aliphatic heterocycles. The molecule has 0 aliphatic rings. The summed E-state index contributed by atoms with van der Waals surface area (Å²) in [5, 5.41) is 10.9. The van der Waals surface area contributed by atoms with Crippen molar-refractivity contribution < 1.29 is 4.92 Å². The van der Waals surface area contributed by atoms with Crippen LogP contribution >= 0.6 is 0 Å². The third kappa shape index (κ3) is 1.39. The van der Waals surface area contributed by atoms with Crippen LogP contribution in [0, 0.1) is 17.0 Å². The van der Waals surface area contributed by atoms with Gasteiger partial charge in [-0.05, 0) is 18.9 Å². The van der Waals surface area contributed by atoms with Crippen LogP contribution in [0.15, 0.2) is 6.07 Å². The van der Waals surface area contributed by atoms with E-state index in [1.165, 1.54) is 0 Å². The second kappa shape index (κ2) is 3.48. The highest BCUT2D eigenvalue weighted by atomic mass is 16.6. The first-order valence-electron chi connectivity index (χ1n) is 4.96. The Morgan fingerprint density at radius 1 is 1.62 bits per heavy atom. The van der Waals surface area contributed by atoms with Gasteiger partial charge in [0.25, 0.3) is 5.69 Å². The Morgan fingerprint density at radius 2 is 2.31 bits per heavy atom. The van der Waals surface area contributed by atoms with Gasteiger partial charge in [0.2, 0.25) is 0 Å². The largest absolute Gasteiger partial charge is 0.369 e. The molecule has 0 bridgehead atoms. The molecular formula is C10H12N4O2. The van der Waals surface area contributed by atoms with Crippen LogP contribution in [0.4, 0.5) is 11.6 Å². The molecule has 6 nitrogen and oxygen atoms in total. The molecule has 1 heterocycles. The van der Waals surface area contributed by atoms with Crippen LogP contribution in [-0.4, -0.2) is 14.9 Å². The second-order valence-corrected chi connectivity index (χ2v) is 3.65. The Morgan fingerprint density at radius 3 is 2.88 bits per heavy atom. The monoisotopic (exact) mass is 220 g/mol. The summed E-state index contributed by atoms with van der Waals surface area (Å²) < 4.78 is 0. The zero-order valence-corrected chi connectivity index (χ0v) is 9.07. The van der Waals surface area contributed by atoms with E-state index in [9.17, 15) is 10.1 Å². The number of fused-ring (bicyclic) bond motifs is 1. The van der Waals surface area contributed by atoms with E-state index >= 15 is 0 Å². The topological polar surface area (TPSA) is 97.8 Å². The smallest absolute Gasteiger partial charge is 0.275 e. The van der Waals surface area contributed by atoms with Crippen LogP contribution in [0.2, 0.25) is 0 Å². The molecular weight excluding hydrogens is 208 g/mol. The van der Waals surface area contributed by atoms with E-state index in [1.54, 1.807) is 13.0 Å². The Labute approximate surface area is 91.6 Å². The second-order valence-electron chi connectivity index (χ2n) is 3.65. The van der Waals surface area contributed by atoms with E-state index in [0.717, 1.165) is 11.1 Å². The van der Waals surface area contributed by atoms with Crippen molar-refractivity contribution in [2.75, 3.05) is 5.73 Å². The first-order chi connectivity index (χ1) is 7.54. The van der Waals surface area contributed by atoms with Gasteiger partial charge in [0.15, 0.2) is 5.95 Å². The van der Waals surface area contributed by atoms with Crippen molar-refractivity contribution >= 4 is 22.7 Å². The first-order valence-corrected chi connectivity index (χ1v) is 4.96. The van der Waals surface area contributed by atoms with Crippen LogP contribution in [-0.2, 0) is 6.42 Å². The number of rotatable bonds is 2. The minimum absolute atomic E-state index is 0.110. The van der Waals surface area contributed by atoms with Crippen molar-refractivity contribution in [2.45, 2.75) is 20.3 Å². The highest BCUT2D eigenvalue weighted by Crippen LogP contribution is 2.30. The SMILES string of the molecule is CCc1c([N+](=O)[O-])cc(C)c2[nH]c(N)nc12. The van der Waals surface area contributed by atoms with E-state index < -0.39 is 0 Å². The summed E-state index contributed by atoms with van der Waals surface area (Å²) in [6.45, 7) is 3.66. The molecule has 0 fully saturated rings. The number of H-pyrrole nitrogens is 1. The Kier molecular flexibility index (Phi) is 2.26. The molecule has 0 unspecified atom stereocenters. The summed E-state index contributed by atoms with van der Waals surface area (Å²) in [4.78, 5) is 17.6. The van der Waals surface area contributed by atoms with Gasteiger partial charge in [-0.15, -0.1) is 0 Å². The van der Waals surface area contributed by atoms with E-state index in [4.69, 9.17) is 5.73 Å². The predicted molar refractivity (Wildman–Crippen MR) is 61.3 cm³/mol. The van der Waals surface area contributed by atoms with Gasteiger partial charge in [-0.2, -0.15) is 0 Å². The van der Waals surface area contributed by atoms with Crippen molar-refractivity contribution in [1.29, 1.82) is 0 Å². The number of imidazole rings is 1. The van der Waals surface area contributed by atoms with Gasteiger partial charge in [0.1, 0.15) is 5.52 Å². The maximum atomic E-state index is 10.9. The number of anilines is 1. The van der Waals surface area contributed by atoms with Crippen molar-refractivity contribution in [1.82, 2.24) is 9.97 Å². The molecule has 16 heavy (non-hydrogen) atoms. The first kappa shape index (κ1) is 10.4. The number of nitrogen functional groups attached to an aromatic ring is 1. The fourth-order valence-electron chi connectivity index (χ4n) is 1.89. The van der Waals surface area contributed by atoms with Crippen LogP contribution in [0.25, 0.3) is 11.0 Å². The lowest BCUT2D eigenvalue weighted by molar-refractivity contribution is -0.385. The highest BCUT2D eigenvalue weighted by Gasteiger charge is 2.19. The molecule has 0 atom stereocenters. The molecule has 0 saturated carbocycles. The van der Waals surface area contributed by atoms with E-state index in [1.807, 2.05) is 6.92 Å². The summed E-state index contributed by atoms with van der Waals surface area (Å²) in [6.07, 6.45) is 0.553. The maximum Gasteiger partial charge on any atom is 0.275 e. The third-order valence-electron chi connectivity index (χ3n) is 2.61. The highest BCUT2D eigenvalue weighted by molar-refractivity contribution is 5.87. The number of nitrogens with one attached hydrogen (secondary N) is 1. The van der Waals surface area contributed by atoms with E-state index in [2.05, 4.69) is 9.97 Å². The number of aromatic nitrogens is 2. The molecule has 3 N–H and O–H groups in total. The number of aromatic amines is 1. The van der Waals surface area contributed by atoms with Crippen LogP contribution in [0.3, 0.4) is 0 Å². The summed E-state index contributed by atoms with van der Waals surface area (Å²) in [7, 11) is 0. The molecule has 1 aromatic heterocycles. The van der Waals surface area contributed by atoms with Crippen LogP contribution < -0.4 is 5.73 Å². The minimum atomic E-state index is -0.379. The number of nitro benzene ring substituents is 1. The molecule has 0 radical (unpaired) electrons. The molecule has 0 amide bonds. The van der Waals surface area contributed by atoms with Crippen molar-refractivity contribution in [2.24, 2.45) is 0 Å². The van der Waals surface area contributed by atoms with Crippen molar-refractivity contribution in [3.8, 4) is 0 Å². The van der Waals surface area contributed by atoms with E-state index in [-0.39, 0.29) is 16.6 Å². The fraction of sp³-hybridized carbons (Fsp3) is 0.300. The van der Waals surface area contributed by atoms with Gasteiger partial charge in [-0.1, -0.05) is 6.92 Å². The van der Waals surface area contributed by atoms with Gasteiger partial charge >= 0.3 is 0 Å². The maximum absolute atomic E-state index is 10.9. The standard InChI is InChI=1S/C10H12N4O2/c1-3-6-7(14(15)16)4-5(2)8-9(6)13-10(11)12-8/h4H,3H2,1-2H3,(H3,11,12,13). The van der Waals surface area contributed by atoms with E-state index in [0.29, 0.717) is 17.5 Å². The Bertz CT molecular complexity index is 574. The lowest BCUT2D eigenvalue weighted by atomic mass is 10.0. The zero-order valence-electron chi connectivity index (χ0n) is 9.07. The fourth-order valence-corrected chi connectivity index (χ4v) is 1.89. The molecule has 2 aromatic rings. The minimum Gasteiger partial charge on any atom is -0.369 e. The van der Waals surface area contributed by atoms with Crippen LogP contribution in [0.5, 0.6) is 0 Å². The molecule has 0 aliphatic carbocycles.